The number of carbonyl (C=O) groups is 2. The molecule has 2 amide bonds. The Balaban J connectivity index is 1.86. The molecule has 0 bridgehead atoms. The summed E-state index contributed by atoms with van der Waals surface area (Å²) in [5.41, 5.74) is 1.68. The molecule has 0 radical (unpaired) electrons. The number of hydrogen-bond acceptors (Lipinski definition) is 6. The number of anilines is 2. The summed E-state index contributed by atoms with van der Waals surface area (Å²) in [5.74, 6) is 0.420. The van der Waals surface area contributed by atoms with Gasteiger partial charge in [-0.1, -0.05) is 24.3 Å². The molecule has 0 spiro atoms. The molecule has 8 heteroatoms. The fourth-order valence-corrected chi connectivity index (χ4v) is 3.45. The summed E-state index contributed by atoms with van der Waals surface area (Å²) in [6.45, 7) is 1.78. The standard InChI is InChI=1S/C19H19N3O4S/c1-4-16(23)22-19-21-12-9-8-11(10-15(12)27-19)20-18(24)17-13(25-2)6-5-7-14(17)26-3/h5-10H,4H2,1-3H3,(H,20,24)(H,21,22,23). The molecule has 0 aliphatic carbocycles. The molecule has 0 atom stereocenters. The van der Waals surface area contributed by atoms with E-state index in [0.717, 1.165) is 10.2 Å². The number of methoxy groups -OCH3 is 2. The second-order valence-corrected chi connectivity index (χ2v) is 6.63. The Labute approximate surface area is 160 Å². The van der Waals surface area contributed by atoms with Crippen LogP contribution >= 0.6 is 11.3 Å². The molecule has 7 nitrogen and oxygen atoms in total. The number of benzene rings is 2. The molecular formula is C19H19N3O4S. The van der Waals surface area contributed by atoms with Crippen LogP contribution in [-0.4, -0.2) is 31.0 Å². The molecule has 0 fully saturated rings. The summed E-state index contributed by atoms with van der Waals surface area (Å²) in [4.78, 5) is 28.6. The van der Waals surface area contributed by atoms with Crippen LogP contribution in [0.25, 0.3) is 10.2 Å². The first-order valence-electron chi connectivity index (χ1n) is 8.28. The van der Waals surface area contributed by atoms with E-state index in [1.165, 1.54) is 25.6 Å². The Morgan fingerprint density at radius 2 is 1.78 bits per heavy atom. The molecular weight excluding hydrogens is 366 g/mol. The van der Waals surface area contributed by atoms with Gasteiger partial charge in [-0.3, -0.25) is 9.59 Å². The highest BCUT2D eigenvalue weighted by molar-refractivity contribution is 7.22. The van der Waals surface area contributed by atoms with Crippen molar-refractivity contribution in [3.05, 3.63) is 42.0 Å². The number of hydrogen-bond donors (Lipinski definition) is 2. The zero-order valence-corrected chi connectivity index (χ0v) is 16.0. The first kappa shape index (κ1) is 18.7. The van der Waals surface area contributed by atoms with Gasteiger partial charge in [0, 0.05) is 12.1 Å². The molecule has 27 heavy (non-hydrogen) atoms. The van der Waals surface area contributed by atoms with E-state index in [4.69, 9.17) is 9.47 Å². The van der Waals surface area contributed by atoms with Crippen molar-refractivity contribution >= 4 is 44.2 Å². The highest BCUT2D eigenvalue weighted by Gasteiger charge is 2.18. The molecule has 2 aromatic carbocycles. The van der Waals surface area contributed by atoms with Gasteiger partial charge in [0.2, 0.25) is 5.91 Å². The third-order valence-corrected chi connectivity index (χ3v) is 4.80. The fraction of sp³-hybridized carbons (Fsp3) is 0.211. The smallest absolute Gasteiger partial charge is 0.263 e. The third-order valence-electron chi connectivity index (χ3n) is 3.87. The summed E-state index contributed by atoms with van der Waals surface area (Å²) in [6, 6.07) is 10.5. The van der Waals surface area contributed by atoms with Crippen LogP contribution in [0.1, 0.15) is 23.7 Å². The molecule has 3 rings (SSSR count). The quantitative estimate of drug-likeness (QED) is 0.671. The Bertz CT molecular complexity index is 978. The maximum absolute atomic E-state index is 12.8. The van der Waals surface area contributed by atoms with Gasteiger partial charge in [0.15, 0.2) is 5.13 Å². The number of nitrogens with zero attached hydrogens (tertiary/aromatic N) is 1. The first-order chi connectivity index (χ1) is 13.0. The zero-order chi connectivity index (χ0) is 19.4. The minimum absolute atomic E-state index is 0.0918. The zero-order valence-electron chi connectivity index (χ0n) is 15.2. The van der Waals surface area contributed by atoms with E-state index in [-0.39, 0.29) is 11.8 Å². The van der Waals surface area contributed by atoms with Gasteiger partial charge in [0.1, 0.15) is 17.1 Å². The van der Waals surface area contributed by atoms with Crippen molar-refractivity contribution in [1.29, 1.82) is 0 Å². The molecule has 2 N–H and O–H groups in total. The number of ether oxygens (including phenoxy) is 2. The van der Waals surface area contributed by atoms with Crippen LogP contribution in [0, 0.1) is 0 Å². The van der Waals surface area contributed by atoms with Crippen molar-refractivity contribution in [2.24, 2.45) is 0 Å². The van der Waals surface area contributed by atoms with E-state index in [1.54, 1.807) is 37.3 Å². The maximum Gasteiger partial charge on any atom is 0.263 e. The average Bonchev–Trinajstić information content (AvgIpc) is 3.08. The van der Waals surface area contributed by atoms with Gasteiger partial charge in [0.05, 0.1) is 24.4 Å². The predicted octanol–water partition coefficient (Wildman–Crippen LogP) is 3.91. The summed E-state index contributed by atoms with van der Waals surface area (Å²) >= 11 is 1.35. The summed E-state index contributed by atoms with van der Waals surface area (Å²) < 4.78 is 11.4. The van der Waals surface area contributed by atoms with Crippen molar-refractivity contribution in [1.82, 2.24) is 4.98 Å². The number of amides is 2. The predicted molar refractivity (Wildman–Crippen MR) is 106 cm³/mol. The number of rotatable bonds is 6. The monoisotopic (exact) mass is 385 g/mol. The lowest BCUT2D eigenvalue weighted by Crippen LogP contribution is -2.14. The van der Waals surface area contributed by atoms with E-state index in [1.807, 2.05) is 6.07 Å². The lowest BCUT2D eigenvalue weighted by molar-refractivity contribution is -0.115. The normalized spacial score (nSPS) is 10.5. The molecule has 0 unspecified atom stereocenters. The maximum atomic E-state index is 12.8. The second kappa shape index (κ2) is 8.05. The highest BCUT2D eigenvalue weighted by atomic mass is 32.1. The van der Waals surface area contributed by atoms with Crippen LogP contribution in [-0.2, 0) is 4.79 Å². The van der Waals surface area contributed by atoms with Crippen LogP contribution in [0.15, 0.2) is 36.4 Å². The van der Waals surface area contributed by atoms with Crippen LogP contribution in [0.2, 0.25) is 0 Å². The SMILES string of the molecule is CCC(=O)Nc1nc2ccc(NC(=O)c3c(OC)cccc3OC)cc2s1. The molecule has 0 aliphatic heterocycles. The van der Waals surface area contributed by atoms with E-state index >= 15 is 0 Å². The van der Waals surface area contributed by atoms with Gasteiger partial charge in [-0.05, 0) is 30.3 Å². The Hall–Kier alpha value is -3.13. The van der Waals surface area contributed by atoms with Crippen LogP contribution in [0.3, 0.4) is 0 Å². The summed E-state index contributed by atoms with van der Waals surface area (Å²) in [6.07, 6.45) is 0.387. The molecule has 3 aromatic rings. The van der Waals surface area contributed by atoms with Crippen LogP contribution in [0.5, 0.6) is 11.5 Å². The fourth-order valence-electron chi connectivity index (χ4n) is 2.53. The minimum atomic E-state index is -0.340. The largest absolute Gasteiger partial charge is 0.496 e. The highest BCUT2D eigenvalue weighted by Crippen LogP contribution is 2.31. The lowest BCUT2D eigenvalue weighted by Gasteiger charge is -2.13. The van der Waals surface area contributed by atoms with E-state index < -0.39 is 0 Å². The summed E-state index contributed by atoms with van der Waals surface area (Å²) in [5, 5.41) is 6.13. The van der Waals surface area contributed by atoms with Gasteiger partial charge < -0.3 is 20.1 Å². The lowest BCUT2D eigenvalue weighted by atomic mass is 10.1. The topological polar surface area (TPSA) is 89.6 Å². The van der Waals surface area contributed by atoms with Gasteiger partial charge in [-0.25, -0.2) is 4.98 Å². The van der Waals surface area contributed by atoms with Crippen LogP contribution < -0.4 is 20.1 Å². The summed E-state index contributed by atoms with van der Waals surface area (Å²) in [7, 11) is 3.00. The Morgan fingerprint density at radius 3 is 2.41 bits per heavy atom. The average molecular weight is 385 g/mol. The number of aromatic nitrogens is 1. The van der Waals surface area contributed by atoms with Crippen molar-refractivity contribution in [2.45, 2.75) is 13.3 Å². The number of carbonyl (C=O) groups excluding carboxylic acids is 2. The molecule has 0 saturated carbocycles. The number of nitrogens with one attached hydrogen (secondary N) is 2. The van der Waals surface area contributed by atoms with Gasteiger partial charge in [-0.2, -0.15) is 0 Å². The minimum Gasteiger partial charge on any atom is -0.496 e. The van der Waals surface area contributed by atoms with Gasteiger partial charge in [0.25, 0.3) is 5.91 Å². The van der Waals surface area contributed by atoms with E-state index in [0.29, 0.717) is 34.3 Å². The second-order valence-electron chi connectivity index (χ2n) is 5.59. The molecule has 140 valence electrons. The van der Waals surface area contributed by atoms with E-state index in [2.05, 4.69) is 15.6 Å². The molecule has 1 heterocycles. The molecule has 1 aromatic heterocycles. The van der Waals surface area contributed by atoms with Crippen molar-refractivity contribution in [2.75, 3.05) is 24.9 Å². The number of fused-ring (bicyclic) bond motifs is 1. The van der Waals surface area contributed by atoms with E-state index in [9.17, 15) is 9.59 Å². The molecule has 0 saturated heterocycles. The third kappa shape index (κ3) is 4.01. The van der Waals surface area contributed by atoms with Gasteiger partial charge in [-0.15, -0.1) is 0 Å². The van der Waals surface area contributed by atoms with Crippen molar-refractivity contribution in [3.8, 4) is 11.5 Å². The molecule has 0 aliphatic rings. The van der Waals surface area contributed by atoms with Crippen molar-refractivity contribution < 1.29 is 19.1 Å². The van der Waals surface area contributed by atoms with Crippen molar-refractivity contribution in [3.63, 3.8) is 0 Å². The Kier molecular flexibility index (Phi) is 5.56. The van der Waals surface area contributed by atoms with Gasteiger partial charge >= 0.3 is 0 Å². The van der Waals surface area contributed by atoms with Crippen LogP contribution in [0.4, 0.5) is 10.8 Å². The Morgan fingerprint density at radius 1 is 1.07 bits per heavy atom. The first-order valence-corrected chi connectivity index (χ1v) is 9.10. The number of thiazole rings is 1.